The minimum atomic E-state index is 0. The third-order valence-corrected chi connectivity index (χ3v) is 3.13. The largest absolute Gasteiger partial charge is 0.491 e. The molecule has 1 N–H and O–H groups in total. The molecule has 0 amide bonds. The van der Waals surface area contributed by atoms with Crippen molar-refractivity contribution in [3.63, 3.8) is 0 Å². The SMILES string of the molecule is CNCc1nnc(N(C)CCOc2ccc(C)cc2C)o1.Cl. The van der Waals surface area contributed by atoms with Gasteiger partial charge in [0, 0.05) is 7.05 Å². The summed E-state index contributed by atoms with van der Waals surface area (Å²) < 4.78 is 11.3. The molecule has 2 rings (SSSR count). The Hall–Kier alpha value is -1.79. The number of hydrogen-bond donors (Lipinski definition) is 1. The molecule has 0 atom stereocenters. The number of benzene rings is 1. The highest BCUT2D eigenvalue weighted by Crippen LogP contribution is 2.18. The van der Waals surface area contributed by atoms with Crippen molar-refractivity contribution in [2.75, 3.05) is 32.1 Å². The van der Waals surface area contributed by atoms with E-state index in [0.29, 0.717) is 31.6 Å². The fraction of sp³-hybridized carbons (Fsp3) is 0.467. The van der Waals surface area contributed by atoms with Crippen molar-refractivity contribution in [2.24, 2.45) is 0 Å². The number of hydrogen-bond acceptors (Lipinski definition) is 6. The first-order valence-corrected chi connectivity index (χ1v) is 6.98. The zero-order valence-corrected chi connectivity index (χ0v) is 14.2. The Morgan fingerprint density at radius 1 is 1.27 bits per heavy atom. The van der Waals surface area contributed by atoms with Crippen LogP contribution in [0.5, 0.6) is 5.75 Å². The monoisotopic (exact) mass is 326 g/mol. The van der Waals surface area contributed by atoms with E-state index < -0.39 is 0 Å². The average molecular weight is 327 g/mol. The molecule has 0 spiro atoms. The van der Waals surface area contributed by atoms with Crippen molar-refractivity contribution in [1.82, 2.24) is 15.5 Å². The van der Waals surface area contributed by atoms with Gasteiger partial charge in [-0.05, 0) is 32.5 Å². The fourth-order valence-electron chi connectivity index (χ4n) is 1.97. The number of nitrogens with zero attached hydrogens (tertiary/aromatic N) is 3. The van der Waals surface area contributed by atoms with Gasteiger partial charge >= 0.3 is 6.01 Å². The van der Waals surface area contributed by atoms with Crippen molar-refractivity contribution in [2.45, 2.75) is 20.4 Å². The maximum atomic E-state index is 5.79. The zero-order chi connectivity index (χ0) is 15.2. The molecule has 22 heavy (non-hydrogen) atoms. The highest BCUT2D eigenvalue weighted by Gasteiger charge is 2.10. The molecule has 0 aliphatic heterocycles. The second-order valence-corrected chi connectivity index (χ2v) is 5.05. The first-order valence-electron chi connectivity index (χ1n) is 6.98. The molecule has 0 aliphatic rings. The van der Waals surface area contributed by atoms with Crippen LogP contribution in [0.15, 0.2) is 22.6 Å². The van der Waals surface area contributed by atoms with Crippen LogP contribution in [0.2, 0.25) is 0 Å². The lowest BCUT2D eigenvalue weighted by Gasteiger charge is -2.15. The van der Waals surface area contributed by atoms with Crippen LogP contribution in [-0.2, 0) is 6.54 Å². The lowest BCUT2D eigenvalue weighted by Crippen LogP contribution is -2.24. The molecule has 0 bridgehead atoms. The predicted octanol–water partition coefficient (Wildman–Crippen LogP) is 2.34. The molecular weight excluding hydrogens is 304 g/mol. The fourth-order valence-corrected chi connectivity index (χ4v) is 1.97. The second kappa shape index (κ2) is 8.60. The van der Waals surface area contributed by atoms with Crippen LogP contribution in [-0.4, -0.2) is 37.4 Å². The van der Waals surface area contributed by atoms with Crippen LogP contribution < -0.4 is 15.0 Å². The standard InChI is InChI=1S/C15H22N4O2.ClH/c1-11-5-6-13(12(2)9-11)20-8-7-19(4)15-18-17-14(21-15)10-16-3;/h5-6,9,16H,7-8,10H2,1-4H3;1H. The zero-order valence-electron chi connectivity index (χ0n) is 13.4. The molecule has 1 heterocycles. The van der Waals surface area contributed by atoms with E-state index in [2.05, 4.69) is 28.5 Å². The summed E-state index contributed by atoms with van der Waals surface area (Å²) in [4.78, 5) is 1.88. The highest BCUT2D eigenvalue weighted by atomic mass is 35.5. The summed E-state index contributed by atoms with van der Waals surface area (Å²) in [6.45, 7) is 5.93. The average Bonchev–Trinajstić information content (AvgIpc) is 2.90. The quantitative estimate of drug-likeness (QED) is 0.842. The van der Waals surface area contributed by atoms with Gasteiger partial charge in [0.1, 0.15) is 12.4 Å². The molecule has 7 heteroatoms. The molecule has 0 aliphatic carbocycles. The molecule has 0 saturated carbocycles. The number of nitrogens with one attached hydrogen (secondary N) is 1. The van der Waals surface area contributed by atoms with Crippen molar-refractivity contribution in [3.05, 3.63) is 35.2 Å². The third kappa shape index (κ3) is 4.89. The summed E-state index contributed by atoms with van der Waals surface area (Å²) in [6.07, 6.45) is 0. The molecule has 1 aromatic heterocycles. The van der Waals surface area contributed by atoms with E-state index >= 15 is 0 Å². The summed E-state index contributed by atoms with van der Waals surface area (Å²) in [5, 5.41) is 10.9. The molecule has 2 aromatic rings. The molecule has 0 unspecified atom stereocenters. The van der Waals surface area contributed by atoms with Crippen LogP contribution >= 0.6 is 12.4 Å². The number of halogens is 1. The van der Waals surface area contributed by atoms with Gasteiger partial charge in [-0.25, -0.2) is 0 Å². The van der Waals surface area contributed by atoms with Crippen LogP contribution in [0.1, 0.15) is 17.0 Å². The highest BCUT2D eigenvalue weighted by molar-refractivity contribution is 5.85. The summed E-state index contributed by atoms with van der Waals surface area (Å²) in [7, 11) is 3.74. The Morgan fingerprint density at radius 3 is 2.73 bits per heavy atom. The molecular formula is C15H23ClN4O2. The van der Waals surface area contributed by atoms with E-state index in [0.717, 1.165) is 11.3 Å². The summed E-state index contributed by atoms with van der Waals surface area (Å²) in [6, 6.07) is 6.67. The van der Waals surface area contributed by atoms with Gasteiger partial charge in [0.2, 0.25) is 5.89 Å². The van der Waals surface area contributed by atoms with E-state index in [1.807, 2.05) is 38.1 Å². The summed E-state index contributed by atoms with van der Waals surface area (Å²) >= 11 is 0. The van der Waals surface area contributed by atoms with Gasteiger partial charge in [0.15, 0.2) is 0 Å². The number of likely N-dealkylation sites (N-methyl/N-ethyl adjacent to an activating group) is 1. The van der Waals surface area contributed by atoms with Crippen molar-refractivity contribution >= 4 is 18.4 Å². The smallest absolute Gasteiger partial charge is 0.318 e. The number of anilines is 1. The lowest BCUT2D eigenvalue weighted by atomic mass is 10.1. The van der Waals surface area contributed by atoms with Gasteiger partial charge in [-0.2, -0.15) is 0 Å². The minimum Gasteiger partial charge on any atom is -0.491 e. The molecule has 1 aromatic carbocycles. The Labute approximate surface area is 137 Å². The topological polar surface area (TPSA) is 63.4 Å². The Morgan fingerprint density at radius 2 is 2.05 bits per heavy atom. The molecule has 0 saturated heterocycles. The van der Waals surface area contributed by atoms with Crippen LogP contribution in [0.25, 0.3) is 0 Å². The third-order valence-electron chi connectivity index (χ3n) is 3.13. The van der Waals surface area contributed by atoms with Gasteiger partial charge < -0.3 is 19.4 Å². The van der Waals surface area contributed by atoms with Crippen LogP contribution in [0.4, 0.5) is 6.01 Å². The molecule has 0 fully saturated rings. The molecule has 6 nitrogen and oxygen atoms in total. The summed E-state index contributed by atoms with van der Waals surface area (Å²) in [5.74, 6) is 1.49. The second-order valence-electron chi connectivity index (χ2n) is 5.05. The van der Waals surface area contributed by atoms with Gasteiger partial charge in [-0.1, -0.05) is 22.8 Å². The summed E-state index contributed by atoms with van der Waals surface area (Å²) in [5.41, 5.74) is 2.38. The van der Waals surface area contributed by atoms with Crippen LogP contribution in [0.3, 0.4) is 0 Å². The van der Waals surface area contributed by atoms with Crippen LogP contribution in [0, 0.1) is 13.8 Å². The van der Waals surface area contributed by atoms with Crippen molar-refractivity contribution in [1.29, 1.82) is 0 Å². The van der Waals surface area contributed by atoms with E-state index in [1.54, 1.807) is 0 Å². The van der Waals surface area contributed by atoms with Crippen molar-refractivity contribution in [3.8, 4) is 5.75 Å². The Kier molecular flexibility index (Phi) is 7.14. The first-order chi connectivity index (χ1) is 10.1. The molecule has 0 radical (unpaired) electrons. The normalized spacial score (nSPS) is 10.2. The van der Waals surface area contributed by atoms with E-state index in [9.17, 15) is 0 Å². The first kappa shape index (κ1) is 18.3. The number of ether oxygens (including phenoxy) is 1. The Bertz CT molecular complexity index is 589. The van der Waals surface area contributed by atoms with Gasteiger partial charge in [-0.15, -0.1) is 17.5 Å². The number of aryl methyl sites for hydroxylation is 2. The van der Waals surface area contributed by atoms with E-state index in [1.165, 1.54) is 5.56 Å². The maximum Gasteiger partial charge on any atom is 0.318 e. The maximum absolute atomic E-state index is 5.79. The van der Waals surface area contributed by atoms with Gasteiger partial charge in [-0.3, -0.25) is 0 Å². The predicted molar refractivity (Wildman–Crippen MR) is 89.0 cm³/mol. The molecule has 122 valence electrons. The van der Waals surface area contributed by atoms with E-state index in [4.69, 9.17) is 9.15 Å². The van der Waals surface area contributed by atoms with Gasteiger partial charge in [0.25, 0.3) is 0 Å². The number of aromatic nitrogens is 2. The van der Waals surface area contributed by atoms with Gasteiger partial charge in [0.05, 0.1) is 13.1 Å². The van der Waals surface area contributed by atoms with E-state index in [-0.39, 0.29) is 12.4 Å². The number of rotatable bonds is 7. The minimum absolute atomic E-state index is 0. The Balaban J connectivity index is 0.00000242. The van der Waals surface area contributed by atoms with Crippen molar-refractivity contribution < 1.29 is 9.15 Å². The lowest BCUT2D eigenvalue weighted by molar-refractivity contribution is 0.320.